The van der Waals surface area contributed by atoms with E-state index in [0.717, 1.165) is 38.6 Å². The fraction of sp³-hybridized carbons (Fsp3) is 0.941. The molecule has 0 saturated heterocycles. The maximum absolute atomic E-state index is 12.1. The number of rotatable bonds is 8. The van der Waals surface area contributed by atoms with Gasteiger partial charge < -0.3 is 15.1 Å². The molecular weight excluding hydrogens is 262 g/mol. The summed E-state index contributed by atoms with van der Waals surface area (Å²) in [6, 6.07) is 0.856. The molecule has 1 fully saturated rings. The number of hydrogen-bond donors (Lipinski definition) is 1. The van der Waals surface area contributed by atoms with Gasteiger partial charge in [-0.1, -0.05) is 33.1 Å². The first-order valence-corrected chi connectivity index (χ1v) is 8.77. The highest BCUT2D eigenvalue weighted by Crippen LogP contribution is 2.21. The highest BCUT2D eigenvalue weighted by Gasteiger charge is 2.17. The van der Waals surface area contributed by atoms with Crippen LogP contribution in [0.5, 0.6) is 0 Å². The standard InChI is InChI=1S/C17H35N3O/c1-5-20(14-15(2)3)17(21)18-12-9-13-19(4)16-10-7-6-8-11-16/h15-16H,5-14H2,1-4H3,(H,18,21). The minimum absolute atomic E-state index is 0.0894. The van der Waals surface area contributed by atoms with Crippen LogP contribution < -0.4 is 5.32 Å². The first-order valence-electron chi connectivity index (χ1n) is 8.77. The molecule has 1 rings (SSSR count). The van der Waals surface area contributed by atoms with Crippen molar-refractivity contribution in [3.05, 3.63) is 0 Å². The van der Waals surface area contributed by atoms with E-state index in [0.29, 0.717) is 5.92 Å². The minimum atomic E-state index is 0.0894. The second-order valence-electron chi connectivity index (χ2n) is 6.79. The van der Waals surface area contributed by atoms with Crippen LogP contribution in [0.25, 0.3) is 0 Å². The fourth-order valence-electron chi connectivity index (χ4n) is 3.14. The van der Waals surface area contributed by atoms with E-state index in [1.54, 1.807) is 0 Å². The van der Waals surface area contributed by atoms with E-state index >= 15 is 0 Å². The van der Waals surface area contributed by atoms with Gasteiger partial charge in [0.15, 0.2) is 0 Å². The Hall–Kier alpha value is -0.770. The normalized spacial score (nSPS) is 16.5. The molecule has 0 aromatic carbocycles. The maximum atomic E-state index is 12.1. The van der Waals surface area contributed by atoms with Crippen LogP contribution in [-0.4, -0.2) is 55.1 Å². The van der Waals surface area contributed by atoms with E-state index < -0.39 is 0 Å². The Bertz CT molecular complexity index is 288. The number of nitrogens with zero attached hydrogens (tertiary/aromatic N) is 2. The van der Waals surface area contributed by atoms with Gasteiger partial charge in [-0.25, -0.2) is 4.79 Å². The number of carbonyl (C=O) groups excluding carboxylic acids is 1. The lowest BCUT2D eigenvalue weighted by Crippen LogP contribution is -2.43. The molecule has 0 bridgehead atoms. The zero-order valence-corrected chi connectivity index (χ0v) is 14.5. The number of carbonyl (C=O) groups is 1. The van der Waals surface area contributed by atoms with Crippen LogP contribution in [0.3, 0.4) is 0 Å². The van der Waals surface area contributed by atoms with Crippen molar-refractivity contribution in [1.29, 1.82) is 0 Å². The summed E-state index contributed by atoms with van der Waals surface area (Å²) in [6.45, 7) is 9.82. The Morgan fingerprint density at radius 2 is 1.90 bits per heavy atom. The van der Waals surface area contributed by atoms with Crippen molar-refractivity contribution in [3.8, 4) is 0 Å². The molecule has 0 aromatic heterocycles. The first kappa shape index (κ1) is 18.3. The summed E-state index contributed by atoms with van der Waals surface area (Å²) in [7, 11) is 2.23. The smallest absolute Gasteiger partial charge is 0.317 e. The van der Waals surface area contributed by atoms with Crippen LogP contribution in [0.2, 0.25) is 0 Å². The van der Waals surface area contributed by atoms with Crippen molar-refractivity contribution >= 4 is 6.03 Å². The second kappa shape index (κ2) is 10.0. The Morgan fingerprint density at radius 3 is 2.48 bits per heavy atom. The van der Waals surface area contributed by atoms with Crippen LogP contribution in [0.1, 0.15) is 59.3 Å². The van der Waals surface area contributed by atoms with Crippen LogP contribution >= 0.6 is 0 Å². The van der Waals surface area contributed by atoms with Crippen molar-refractivity contribution in [1.82, 2.24) is 15.1 Å². The van der Waals surface area contributed by atoms with Gasteiger partial charge in [-0.3, -0.25) is 0 Å². The Labute approximate surface area is 131 Å². The summed E-state index contributed by atoms with van der Waals surface area (Å²) in [4.78, 5) is 16.4. The van der Waals surface area contributed by atoms with Crippen LogP contribution in [-0.2, 0) is 0 Å². The zero-order chi connectivity index (χ0) is 15.7. The van der Waals surface area contributed by atoms with E-state index in [1.807, 2.05) is 11.8 Å². The molecular formula is C17H35N3O. The van der Waals surface area contributed by atoms with Gasteiger partial charge >= 0.3 is 6.03 Å². The summed E-state index contributed by atoms with van der Waals surface area (Å²) in [5.74, 6) is 0.521. The molecule has 0 unspecified atom stereocenters. The molecule has 124 valence electrons. The third kappa shape index (κ3) is 7.16. The van der Waals surface area contributed by atoms with Gasteiger partial charge in [0.05, 0.1) is 0 Å². The molecule has 0 aromatic rings. The Balaban J connectivity index is 2.15. The summed E-state index contributed by atoms with van der Waals surface area (Å²) in [6.07, 6.45) is 7.90. The molecule has 0 atom stereocenters. The zero-order valence-electron chi connectivity index (χ0n) is 14.5. The topological polar surface area (TPSA) is 35.6 Å². The summed E-state index contributed by atoms with van der Waals surface area (Å²) >= 11 is 0. The highest BCUT2D eigenvalue weighted by molar-refractivity contribution is 5.74. The molecule has 0 radical (unpaired) electrons. The molecule has 2 amide bonds. The van der Waals surface area contributed by atoms with Gasteiger partial charge in [-0.15, -0.1) is 0 Å². The summed E-state index contributed by atoms with van der Waals surface area (Å²) < 4.78 is 0. The predicted molar refractivity (Wildman–Crippen MR) is 89.6 cm³/mol. The Kier molecular flexibility index (Phi) is 8.74. The lowest BCUT2D eigenvalue weighted by Gasteiger charge is -2.31. The van der Waals surface area contributed by atoms with E-state index in [1.165, 1.54) is 32.1 Å². The van der Waals surface area contributed by atoms with Gasteiger partial charge in [-0.2, -0.15) is 0 Å². The summed E-state index contributed by atoms with van der Waals surface area (Å²) in [5, 5.41) is 3.06. The van der Waals surface area contributed by atoms with Crippen LogP contribution in [0, 0.1) is 5.92 Å². The molecule has 1 aliphatic carbocycles. The van der Waals surface area contributed by atoms with Gasteiger partial charge in [0.2, 0.25) is 0 Å². The van der Waals surface area contributed by atoms with Gasteiger partial charge in [-0.05, 0) is 45.7 Å². The summed E-state index contributed by atoms with van der Waals surface area (Å²) in [5.41, 5.74) is 0. The van der Waals surface area contributed by atoms with E-state index in [9.17, 15) is 4.79 Å². The second-order valence-corrected chi connectivity index (χ2v) is 6.79. The monoisotopic (exact) mass is 297 g/mol. The fourth-order valence-corrected chi connectivity index (χ4v) is 3.14. The molecule has 4 heteroatoms. The average Bonchev–Trinajstić information content (AvgIpc) is 2.49. The van der Waals surface area contributed by atoms with Crippen molar-refractivity contribution in [2.45, 2.75) is 65.3 Å². The number of nitrogens with one attached hydrogen (secondary N) is 1. The average molecular weight is 297 g/mol. The number of hydrogen-bond acceptors (Lipinski definition) is 2. The molecule has 21 heavy (non-hydrogen) atoms. The van der Waals surface area contributed by atoms with Gasteiger partial charge in [0.25, 0.3) is 0 Å². The molecule has 0 aliphatic heterocycles. The number of urea groups is 1. The predicted octanol–water partition coefficient (Wildman–Crippen LogP) is 3.33. The van der Waals surface area contributed by atoms with Crippen LogP contribution in [0.15, 0.2) is 0 Å². The Morgan fingerprint density at radius 1 is 1.24 bits per heavy atom. The quantitative estimate of drug-likeness (QED) is 0.698. The third-order valence-electron chi connectivity index (χ3n) is 4.42. The number of amides is 2. The third-order valence-corrected chi connectivity index (χ3v) is 4.42. The van der Waals surface area contributed by atoms with Crippen LogP contribution in [0.4, 0.5) is 4.79 Å². The van der Waals surface area contributed by atoms with E-state index in [2.05, 4.69) is 31.1 Å². The van der Waals surface area contributed by atoms with Gasteiger partial charge in [0.1, 0.15) is 0 Å². The SMILES string of the molecule is CCN(CC(C)C)C(=O)NCCCN(C)C1CCCCC1. The molecule has 0 heterocycles. The highest BCUT2D eigenvalue weighted by atomic mass is 16.2. The molecule has 1 saturated carbocycles. The van der Waals surface area contributed by atoms with E-state index in [-0.39, 0.29) is 6.03 Å². The van der Waals surface area contributed by atoms with Crippen molar-refractivity contribution in [2.24, 2.45) is 5.92 Å². The van der Waals surface area contributed by atoms with Crippen molar-refractivity contribution < 1.29 is 4.79 Å². The lowest BCUT2D eigenvalue weighted by molar-refractivity contribution is 0.183. The molecule has 1 aliphatic rings. The first-order chi connectivity index (χ1) is 10.0. The molecule has 4 nitrogen and oxygen atoms in total. The van der Waals surface area contributed by atoms with Gasteiger partial charge in [0, 0.05) is 25.7 Å². The molecule has 0 spiro atoms. The lowest BCUT2D eigenvalue weighted by atomic mass is 9.94. The minimum Gasteiger partial charge on any atom is -0.338 e. The maximum Gasteiger partial charge on any atom is 0.317 e. The van der Waals surface area contributed by atoms with Crippen molar-refractivity contribution in [2.75, 3.05) is 33.2 Å². The largest absolute Gasteiger partial charge is 0.338 e. The van der Waals surface area contributed by atoms with Crippen molar-refractivity contribution in [3.63, 3.8) is 0 Å². The molecule has 1 N–H and O–H groups in total. The van der Waals surface area contributed by atoms with E-state index in [4.69, 9.17) is 0 Å².